The van der Waals surface area contributed by atoms with Crippen LogP contribution in [0.5, 0.6) is 17.2 Å². The standard InChI is InChI=1S/C27H22ClNO7/c1-13-10-16-20(15(14-8-6-5-7-9-14)11-17(29-16)26(32)35-4)24(30)27(13)25(31)21-18(33-2)12-19(34-3)22(28)23(21)36-27/h5-9,11-13H,10H2,1-4H3/t13-,27+/m1/s1. The van der Waals surface area contributed by atoms with Gasteiger partial charge in [0.2, 0.25) is 17.2 Å². The van der Waals surface area contributed by atoms with E-state index in [1.807, 2.05) is 30.3 Å². The summed E-state index contributed by atoms with van der Waals surface area (Å²) in [6.07, 6.45) is 0.197. The van der Waals surface area contributed by atoms with Crippen LogP contribution in [0, 0.1) is 5.92 Å². The van der Waals surface area contributed by atoms with Gasteiger partial charge in [0.15, 0.2) is 5.75 Å². The van der Waals surface area contributed by atoms with E-state index in [0.717, 1.165) is 0 Å². The van der Waals surface area contributed by atoms with E-state index in [1.165, 1.54) is 33.5 Å². The van der Waals surface area contributed by atoms with Gasteiger partial charge in [0.05, 0.1) is 32.6 Å². The molecule has 5 rings (SSSR count). The van der Waals surface area contributed by atoms with Crippen LogP contribution in [-0.2, 0) is 11.2 Å². The summed E-state index contributed by atoms with van der Waals surface area (Å²) < 4.78 is 21.9. The Morgan fingerprint density at radius 1 is 1.03 bits per heavy atom. The van der Waals surface area contributed by atoms with Gasteiger partial charge in [0.25, 0.3) is 0 Å². The van der Waals surface area contributed by atoms with Crippen molar-refractivity contribution in [3.8, 4) is 28.4 Å². The third-order valence-corrected chi connectivity index (χ3v) is 7.11. The average Bonchev–Trinajstić information content (AvgIpc) is 3.21. The highest BCUT2D eigenvalue weighted by atomic mass is 35.5. The van der Waals surface area contributed by atoms with E-state index in [4.69, 9.17) is 30.5 Å². The molecule has 2 atom stereocenters. The van der Waals surface area contributed by atoms with Crippen LogP contribution in [0.4, 0.5) is 0 Å². The molecule has 184 valence electrons. The third kappa shape index (κ3) is 3.21. The Kier molecular flexibility index (Phi) is 5.71. The lowest BCUT2D eigenvalue weighted by Gasteiger charge is -2.37. The van der Waals surface area contributed by atoms with Gasteiger partial charge in [-0.15, -0.1) is 0 Å². The van der Waals surface area contributed by atoms with E-state index >= 15 is 0 Å². The van der Waals surface area contributed by atoms with Gasteiger partial charge in [-0.2, -0.15) is 0 Å². The Bertz CT molecular complexity index is 1440. The average molecular weight is 508 g/mol. The first-order valence-electron chi connectivity index (χ1n) is 11.2. The molecule has 0 fully saturated rings. The molecule has 1 spiro atoms. The lowest BCUT2D eigenvalue weighted by Crippen LogP contribution is -2.57. The van der Waals surface area contributed by atoms with E-state index in [9.17, 15) is 14.4 Å². The van der Waals surface area contributed by atoms with Gasteiger partial charge in [-0.05, 0) is 23.6 Å². The molecule has 2 aromatic carbocycles. The van der Waals surface area contributed by atoms with E-state index in [2.05, 4.69) is 4.98 Å². The van der Waals surface area contributed by atoms with Crippen LogP contribution >= 0.6 is 11.6 Å². The number of aromatic nitrogens is 1. The maximum Gasteiger partial charge on any atom is 0.356 e. The first kappa shape index (κ1) is 23.8. The van der Waals surface area contributed by atoms with Crippen molar-refractivity contribution in [3.63, 3.8) is 0 Å². The molecule has 0 bridgehead atoms. The maximum absolute atomic E-state index is 14.3. The van der Waals surface area contributed by atoms with Crippen molar-refractivity contribution in [1.82, 2.24) is 4.98 Å². The minimum atomic E-state index is -1.88. The van der Waals surface area contributed by atoms with Crippen LogP contribution in [0.2, 0.25) is 5.02 Å². The number of esters is 1. The molecule has 1 aromatic heterocycles. The van der Waals surface area contributed by atoms with Crippen LogP contribution in [0.1, 0.15) is 43.8 Å². The van der Waals surface area contributed by atoms with Crippen molar-refractivity contribution in [2.75, 3.05) is 21.3 Å². The van der Waals surface area contributed by atoms with E-state index in [-0.39, 0.29) is 45.5 Å². The highest BCUT2D eigenvalue weighted by Gasteiger charge is 2.62. The van der Waals surface area contributed by atoms with Crippen LogP contribution in [0.15, 0.2) is 42.5 Å². The number of ketones is 2. The minimum Gasteiger partial charge on any atom is -0.496 e. The fourth-order valence-electron chi connectivity index (χ4n) is 4.97. The molecule has 9 heteroatoms. The molecule has 8 nitrogen and oxygen atoms in total. The highest BCUT2D eigenvalue weighted by molar-refractivity contribution is 6.36. The zero-order valence-corrected chi connectivity index (χ0v) is 20.8. The number of nitrogens with zero attached hydrogens (tertiary/aromatic N) is 1. The number of benzene rings is 2. The molecule has 2 aliphatic rings. The van der Waals surface area contributed by atoms with E-state index < -0.39 is 29.1 Å². The van der Waals surface area contributed by atoms with Gasteiger partial charge in [-0.25, -0.2) is 9.78 Å². The zero-order chi connectivity index (χ0) is 25.8. The van der Waals surface area contributed by atoms with Crippen molar-refractivity contribution < 1.29 is 33.3 Å². The Balaban J connectivity index is 1.75. The summed E-state index contributed by atoms with van der Waals surface area (Å²) in [6.45, 7) is 1.73. The first-order valence-corrected chi connectivity index (χ1v) is 11.6. The second-order valence-corrected chi connectivity index (χ2v) is 9.01. The molecule has 0 radical (unpaired) electrons. The van der Waals surface area contributed by atoms with Gasteiger partial charge >= 0.3 is 5.97 Å². The molecule has 36 heavy (non-hydrogen) atoms. The summed E-state index contributed by atoms with van der Waals surface area (Å²) in [5, 5.41) is 0.0757. The number of methoxy groups -OCH3 is 3. The number of pyridine rings is 1. The summed E-state index contributed by atoms with van der Waals surface area (Å²) in [5.41, 5.74) is 0.0316. The van der Waals surface area contributed by atoms with Crippen molar-refractivity contribution in [2.24, 2.45) is 5.92 Å². The number of hydrogen-bond acceptors (Lipinski definition) is 8. The van der Waals surface area contributed by atoms with Crippen molar-refractivity contribution in [3.05, 3.63) is 70.0 Å². The summed E-state index contributed by atoms with van der Waals surface area (Å²) >= 11 is 6.51. The topological polar surface area (TPSA) is 101 Å². The molecule has 3 aromatic rings. The number of Topliss-reactive ketones (excluding diaryl/α,β-unsaturated/α-hetero) is 2. The van der Waals surface area contributed by atoms with Gasteiger partial charge in [-0.3, -0.25) is 9.59 Å². The predicted octanol–water partition coefficient (Wildman–Crippen LogP) is 4.59. The fraction of sp³-hybridized carbons (Fsp3) is 0.259. The Labute approximate surface area is 212 Å². The molecular formula is C27H22ClNO7. The molecule has 0 saturated carbocycles. The Morgan fingerprint density at radius 2 is 1.69 bits per heavy atom. The highest BCUT2D eigenvalue weighted by Crippen LogP contribution is 2.54. The number of carbonyl (C=O) groups excluding carboxylic acids is 3. The van der Waals surface area contributed by atoms with E-state index in [1.54, 1.807) is 6.92 Å². The zero-order valence-electron chi connectivity index (χ0n) is 20.0. The van der Waals surface area contributed by atoms with Crippen LogP contribution in [-0.4, -0.2) is 49.5 Å². The number of halogens is 1. The number of hydrogen-bond donors (Lipinski definition) is 0. The second-order valence-electron chi connectivity index (χ2n) is 8.63. The third-order valence-electron chi connectivity index (χ3n) is 6.75. The number of fused-ring (bicyclic) bond motifs is 2. The monoisotopic (exact) mass is 507 g/mol. The Morgan fingerprint density at radius 3 is 2.33 bits per heavy atom. The van der Waals surface area contributed by atoms with Crippen molar-refractivity contribution >= 4 is 29.1 Å². The second kappa shape index (κ2) is 8.64. The van der Waals surface area contributed by atoms with Gasteiger partial charge in [-0.1, -0.05) is 48.9 Å². The van der Waals surface area contributed by atoms with Crippen LogP contribution in [0.3, 0.4) is 0 Å². The lowest BCUT2D eigenvalue weighted by atomic mass is 9.69. The molecule has 2 heterocycles. The quantitative estimate of drug-likeness (QED) is 0.373. The number of ether oxygens (including phenoxy) is 4. The van der Waals surface area contributed by atoms with Gasteiger partial charge in [0, 0.05) is 12.0 Å². The largest absolute Gasteiger partial charge is 0.496 e. The molecule has 0 saturated heterocycles. The smallest absolute Gasteiger partial charge is 0.356 e. The molecule has 0 unspecified atom stereocenters. The number of rotatable bonds is 4. The van der Waals surface area contributed by atoms with E-state index in [0.29, 0.717) is 16.8 Å². The fourth-order valence-corrected chi connectivity index (χ4v) is 5.24. The minimum absolute atomic E-state index is 0.0434. The van der Waals surface area contributed by atoms with Crippen LogP contribution < -0.4 is 14.2 Å². The summed E-state index contributed by atoms with van der Waals surface area (Å²) in [6, 6.07) is 12.1. The summed E-state index contributed by atoms with van der Waals surface area (Å²) in [4.78, 5) is 45.1. The molecular weight excluding hydrogens is 486 g/mol. The van der Waals surface area contributed by atoms with Crippen LogP contribution in [0.25, 0.3) is 11.1 Å². The molecule has 1 aliphatic carbocycles. The molecule has 0 amide bonds. The SMILES string of the molecule is COC(=O)c1cc(-c2ccccc2)c2c(n1)C[C@@H](C)[C@]1(Oc3c(Cl)c(OC)cc(OC)c3C1=O)C2=O. The first-order chi connectivity index (χ1) is 17.3. The number of carbonyl (C=O) groups is 3. The van der Waals surface area contributed by atoms with Crippen molar-refractivity contribution in [1.29, 1.82) is 0 Å². The normalized spacial score (nSPS) is 20.0. The Hall–Kier alpha value is -3.91. The van der Waals surface area contributed by atoms with Gasteiger partial charge < -0.3 is 18.9 Å². The maximum atomic E-state index is 14.3. The molecule has 1 aliphatic heterocycles. The molecule has 0 N–H and O–H groups in total. The summed E-state index contributed by atoms with van der Waals surface area (Å²) in [7, 11) is 4.11. The van der Waals surface area contributed by atoms with Crippen molar-refractivity contribution in [2.45, 2.75) is 18.9 Å². The van der Waals surface area contributed by atoms with Gasteiger partial charge in [0.1, 0.15) is 27.8 Å². The lowest BCUT2D eigenvalue weighted by molar-refractivity contribution is 0.0256. The summed E-state index contributed by atoms with van der Waals surface area (Å²) in [5.74, 6) is -1.87. The predicted molar refractivity (Wildman–Crippen MR) is 130 cm³/mol.